The van der Waals surface area contributed by atoms with Crippen molar-refractivity contribution < 1.29 is 19.1 Å². The number of anilines is 1. The summed E-state index contributed by atoms with van der Waals surface area (Å²) in [5.74, 6) is -1.52. The molecule has 0 saturated heterocycles. The Morgan fingerprint density at radius 3 is 2.48 bits per heavy atom. The van der Waals surface area contributed by atoms with E-state index in [2.05, 4.69) is 10.3 Å². The van der Waals surface area contributed by atoms with E-state index in [0.29, 0.717) is 12.1 Å². The van der Waals surface area contributed by atoms with Gasteiger partial charge >= 0.3 is 5.97 Å². The number of rotatable bonds is 8. The quantitative estimate of drug-likeness (QED) is 0.587. The van der Waals surface area contributed by atoms with Crippen molar-refractivity contribution in [1.82, 2.24) is 10.3 Å². The summed E-state index contributed by atoms with van der Waals surface area (Å²) in [6, 6.07) is 13.4. The summed E-state index contributed by atoms with van der Waals surface area (Å²) in [7, 11) is 1.93. The number of thiazole rings is 1. The largest absolute Gasteiger partial charge is 0.481 e. The number of carboxylic acids is 1. The molecule has 2 N–H and O–H groups in total. The minimum Gasteiger partial charge on any atom is -0.481 e. The van der Waals surface area contributed by atoms with Gasteiger partial charge in [-0.05, 0) is 42.0 Å². The van der Waals surface area contributed by atoms with Crippen LogP contribution in [0.15, 0.2) is 53.9 Å². The Kier molecular flexibility index (Phi) is 6.56. The van der Waals surface area contributed by atoms with E-state index in [9.17, 15) is 14.0 Å². The van der Waals surface area contributed by atoms with Gasteiger partial charge in [-0.3, -0.25) is 9.59 Å². The summed E-state index contributed by atoms with van der Waals surface area (Å²) in [6.45, 7) is 0.705. The first-order valence-electron chi connectivity index (χ1n) is 8.94. The predicted octanol–water partition coefficient (Wildman–Crippen LogP) is 3.79. The van der Waals surface area contributed by atoms with Crippen molar-refractivity contribution in [3.05, 3.63) is 70.9 Å². The first kappa shape index (κ1) is 20.5. The number of amides is 1. The molecule has 0 radical (unpaired) electrons. The zero-order valence-corrected chi connectivity index (χ0v) is 16.6. The van der Waals surface area contributed by atoms with Gasteiger partial charge in [-0.1, -0.05) is 12.1 Å². The average Bonchev–Trinajstić information content (AvgIpc) is 3.19. The number of nitrogens with one attached hydrogen (secondary N) is 1. The van der Waals surface area contributed by atoms with E-state index in [1.165, 1.54) is 23.5 Å². The zero-order valence-electron chi connectivity index (χ0n) is 15.8. The highest BCUT2D eigenvalue weighted by Crippen LogP contribution is 2.27. The molecule has 29 heavy (non-hydrogen) atoms. The first-order chi connectivity index (χ1) is 13.9. The molecule has 2 aromatic carbocycles. The maximum Gasteiger partial charge on any atom is 0.305 e. The van der Waals surface area contributed by atoms with Crippen LogP contribution in [0.5, 0.6) is 0 Å². The Balaban J connectivity index is 1.59. The van der Waals surface area contributed by atoms with E-state index in [1.807, 2.05) is 29.5 Å². The standard InChI is InChI=1S/C21H20FN3O3S/c1-25(21-24-18(13-29-21)15-6-8-17(22)9-7-15)12-14-2-4-16(5-3-14)20(28)23-11-10-19(26)27/h2-9,13H,10-12H2,1H3,(H,23,28)(H,26,27). The lowest BCUT2D eigenvalue weighted by Gasteiger charge is -2.16. The molecule has 0 aliphatic carbocycles. The topological polar surface area (TPSA) is 82.5 Å². The molecule has 0 atom stereocenters. The molecule has 0 aliphatic heterocycles. The van der Waals surface area contributed by atoms with Gasteiger partial charge in [0.1, 0.15) is 5.82 Å². The molecule has 8 heteroatoms. The second kappa shape index (κ2) is 9.29. The van der Waals surface area contributed by atoms with Crippen molar-refractivity contribution >= 4 is 28.3 Å². The normalized spacial score (nSPS) is 10.6. The lowest BCUT2D eigenvalue weighted by Crippen LogP contribution is -2.26. The second-order valence-electron chi connectivity index (χ2n) is 6.47. The van der Waals surface area contributed by atoms with Gasteiger partial charge in [0.2, 0.25) is 0 Å². The fraction of sp³-hybridized carbons (Fsp3) is 0.190. The Labute approximate surface area is 171 Å². The van der Waals surface area contributed by atoms with E-state index in [0.717, 1.165) is 22.0 Å². The maximum atomic E-state index is 13.1. The number of hydrogen-bond acceptors (Lipinski definition) is 5. The van der Waals surface area contributed by atoms with Gasteiger partial charge < -0.3 is 15.3 Å². The second-order valence-corrected chi connectivity index (χ2v) is 7.31. The van der Waals surface area contributed by atoms with E-state index in [-0.39, 0.29) is 24.7 Å². The molecule has 150 valence electrons. The molecule has 0 spiro atoms. The lowest BCUT2D eigenvalue weighted by molar-refractivity contribution is -0.136. The number of hydrogen-bond donors (Lipinski definition) is 2. The number of benzene rings is 2. The van der Waals surface area contributed by atoms with Crippen LogP contribution < -0.4 is 10.2 Å². The molecule has 1 amide bonds. The number of aromatic nitrogens is 1. The van der Waals surface area contributed by atoms with E-state index in [1.54, 1.807) is 24.3 Å². The summed E-state index contributed by atoms with van der Waals surface area (Å²) in [4.78, 5) is 29.1. The van der Waals surface area contributed by atoms with Gasteiger partial charge in [-0.2, -0.15) is 0 Å². The minimum atomic E-state index is -0.951. The van der Waals surface area contributed by atoms with Crippen LogP contribution in [0.3, 0.4) is 0 Å². The van der Waals surface area contributed by atoms with Crippen molar-refractivity contribution in [2.24, 2.45) is 0 Å². The highest BCUT2D eigenvalue weighted by molar-refractivity contribution is 7.14. The van der Waals surface area contributed by atoms with Gasteiger partial charge in [0.15, 0.2) is 5.13 Å². The van der Waals surface area contributed by atoms with Crippen LogP contribution in [0.2, 0.25) is 0 Å². The van der Waals surface area contributed by atoms with Crippen LogP contribution in [0.25, 0.3) is 11.3 Å². The van der Waals surface area contributed by atoms with Crippen molar-refractivity contribution in [2.75, 3.05) is 18.5 Å². The van der Waals surface area contributed by atoms with Crippen LogP contribution in [0, 0.1) is 5.82 Å². The molecule has 0 saturated carbocycles. The molecule has 1 heterocycles. The number of carboxylic acid groups (broad SMARTS) is 1. The molecule has 0 fully saturated rings. The van der Waals surface area contributed by atoms with Crippen LogP contribution >= 0.6 is 11.3 Å². The molecule has 3 aromatic rings. The Morgan fingerprint density at radius 2 is 1.83 bits per heavy atom. The molecule has 0 bridgehead atoms. The van der Waals surface area contributed by atoms with Gasteiger partial charge in [-0.15, -0.1) is 11.3 Å². The maximum absolute atomic E-state index is 13.1. The fourth-order valence-corrected chi connectivity index (χ4v) is 3.48. The number of carbonyl (C=O) groups excluding carboxylic acids is 1. The van der Waals surface area contributed by atoms with Gasteiger partial charge in [-0.25, -0.2) is 9.37 Å². The minimum absolute atomic E-state index is 0.0963. The zero-order chi connectivity index (χ0) is 20.8. The molecule has 0 unspecified atom stereocenters. The molecule has 1 aromatic heterocycles. The lowest BCUT2D eigenvalue weighted by atomic mass is 10.1. The third kappa shape index (κ3) is 5.61. The Bertz CT molecular complexity index is 987. The van der Waals surface area contributed by atoms with Gasteiger partial charge in [0, 0.05) is 36.6 Å². The summed E-state index contributed by atoms with van der Waals surface area (Å²) < 4.78 is 13.1. The van der Waals surface area contributed by atoms with Crippen LogP contribution in [0.4, 0.5) is 9.52 Å². The first-order valence-corrected chi connectivity index (χ1v) is 9.82. The van der Waals surface area contributed by atoms with Crippen molar-refractivity contribution in [2.45, 2.75) is 13.0 Å². The van der Waals surface area contributed by atoms with E-state index < -0.39 is 5.97 Å². The molecular formula is C21H20FN3O3S. The Morgan fingerprint density at radius 1 is 1.14 bits per heavy atom. The third-order valence-corrected chi connectivity index (χ3v) is 5.17. The van der Waals surface area contributed by atoms with Crippen LogP contribution in [-0.4, -0.2) is 35.6 Å². The van der Waals surface area contributed by atoms with Gasteiger partial charge in [0.25, 0.3) is 5.91 Å². The van der Waals surface area contributed by atoms with Crippen molar-refractivity contribution in [1.29, 1.82) is 0 Å². The summed E-state index contributed by atoms with van der Waals surface area (Å²) in [6.07, 6.45) is -0.109. The van der Waals surface area contributed by atoms with E-state index >= 15 is 0 Å². The molecule has 3 rings (SSSR count). The van der Waals surface area contributed by atoms with E-state index in [4.69, 9.17) is 5.11 Å². The summed E-state index contributed by atoms with van der Waals surface area (Å²) >= 11 is 1.50. The predicted molar refractivity (Wildman–Crippen MR) is 111 cm³/mol. The number of aliphatic carboxylic acids is 1. The van der Waals surface area contributed by atoms with Crippen LogP contribution in [-0.2, 0) is 11.3 Å². The smallest absolute Gasteiger partial charge is 0.305 e. The Hall–Kier alpha value is -3.26. The molecular weight excluding hydrogens is 393 g/mol. The van der Waals surface area contributed by atoms with Crippen molar-refractivity contribution in [3.8, 4) is 11.3 Å². The summed E-state index contributed by atoms with van der Waals surface area (Å²) in [5, 5.41) is 14.0. The number of halogens is 1. The van der Waals surface area contributed by atoms with Crippen LogP contribution in [0.1, 0.15) is 22.3 Å². The summed E-state index contributed by atoms with van der Waals surface area (Å²) in [5.41, 5.74) is 3.15. The van der Waals surface area contributed by atoms with Gasteiger partial charge in [0.05, 0.1) is 12.1 Å². The number of carbonyl (C=O) groups is 2. The van der Waals surface area contributed by atoms with Crippen molar-refractivity contribution in [3.63, 3.8) is 0 Å². The average molecular weight is 413 g/mol. The highest BCUT2D eigenvalue weighted by Gasteiger charge is 2.11. The highest BCUT2D eigenvalue weighted by atomic mass is 32.1. The third-order valence-electron chi connectivity index (χ3n) is 4.22. The monoisotopic (exact) mass is 413 g/mol. The molecule has 6 nitrogen and oxygen atoms in total. The SMILES string of the molecule is CN(Cc1ccc(C(=O)NCCC(=O)O)cc1)c1nc(-c2ccc(F)cc2)cs1. The fourth-order valence-electron chi connectivity index (χ4n) is 2.68. The number of nitrogens with zero attached hydrogens (tertiary/aromatic N) is 2. The molecule has 0 aliphatic rings.